The average Bonchev–Trinajstić information content (AvgIpc) is 2.63. The van der Waals surface area contributed by atoms with E-state index in [4.69, 9.17) is 4.74 Å². The average molecular weight is 456 g/mol. The molecule has 0 radical (unpaired) electrons. The fraction of sp³-hybridized carbons (Fsp3) is 0.783. The lowest BCUT2D eigenvalue weighted by atomic mass is 9.80. The van der Waals surface area contributed by atoms with Crippen LogP contribution in [0.15, 0.2) is 12.2 Å². The van der Waals surface area contributed by atoms with E-state index in [2.05, 4.69) is 10.6 Å². The van der Waals surface area contributed by atoms with Gasteiger partial charge in [0.05, 0.1) is 25.2 Å². The summed E-state index contributed by atoms with van der Waals surface area (Å²) in [7, 11) is 0. The minimum atomic E-state index is -0.884. The minimum absolute atomic E-state index is 0. The molecular formula is C23H41N3O4S. The van der Waals surface area contributed by atoms with Crippen LogP contribution in [0.25, 0.3) is 0 Å². The molecule has 178 valence electrons. The highest BCUT2D eigenvalue weighted by atomic mass is 32.1. The zero-order valence-corrected chi connectivity index (χ0v) is 20.8. The molecule has 0 aromatic heterocycles. The van der Waals surface area contributed by atoms with Gasteiger partial charge in [-0.1, -0.05) is 38.8 Å². The van der Waals surface area contributed by atoms with Crippen LogP contribution in [0.1, 0.15) is 66.7 Å². The number of fused-ring (bicyclic) bond motifs is 12. The standard InChI is InChI=1S/C23H39N3O4.H2S/c1-17(2)20(28)23-15-26(16-23)21(29)30-13-11-9-7-6-8-10-12-22(5,25-18(3)4)19(27)14-24-23;/h9,11,17-18,24-25H,6-8,10,12-16H2,1-5H3;1H2/t22-;/m0./s1. The molecule has 0 unspecified atom stereocenters. The Morgan fingerprint density at radius 3 is 2.42 bits per heavy atom. The summed E-state index contributed by atoms with van der Waals surface area (Å²) in [5.74, 6) is -0.115. The lowest BCUT2D eigenvalue weighted by Gasteiger charge is -2.49. The van der Waals surface area contributed by atoms with Crippen molar-refractivity contribution in [2.45, 2.75) is 83.8 Å². The molecule has 3 heterocycles. The van der Waals surface area contributed by atoms with Crippen LogP contribution in [0.2, 0.25) is 0 Å². The number of nitrogens with one attached hydrogen (secondary N) is 2. The fourth-order valence-electron chi connectivity index (χ4n) is 4.33. The normalized spacial score (nSPS) is 28.5. The topological polar surface area (TPSA) is 87.7 Å². The lowest BCUT2D eigenvalue weighted by molar-refractivity contribution is -0.136. The molecule has 1 atom stereocenters. The van der Waals surface area contributed by atoms with Crippen molar-refractivity contribution >= 4 is 31.2 Å². The third-order valence-corrected chi connectivity index (χ3v) is 6.00. The first-order chi connectivity index (χ1) is 14.1. The van der Waals surface area contributed by atoms with Gasteiger partial charge in [0.1, 0.15) is 12.1 Å². The van der Waals surface area contributed by atoms with E-state index in [1.54, 1.807) is 0 Å². The highest BCUT2D eigenvalue weighted by molar-refractivity contribution is 7.59. The quantitative estimate of drug-likeness (QED) is 0.634. The van der Waals surface area contributed by atoms with Crippen molar-refractivity contribution < 1.29 is 19.1 Å². The van der Waals surface area contributed by atoms with Gasteiger partial charge >= 0.3 is 6.09 Å². The van der Waals surface area contributed by atoms with Crippen molar-refractivity contribution in [1.29, 1.82) is 0 Å². The zero-order valence-electron chi connectivity index (χ0n) is 19.8. The predicted molar refractivity (Wildman–Crippen MR) is 128 cm³/mol. The molecule has 3 aliphatic heterocycles. The third kappa shape index (κ3) is 7.32. The van der Waals surface area contributed by atoms with Gasteiger partial charge in [0.15, 0.2) is 11.6 Å². The second-order valence-corrected chi connectivity index (χ2v) is 9.51. The van der Waals surface area contributed by atoms with Gasteiger partial charge in [-0.15, -0.1) is 0 Å². The zero-order chi connectivity index (χ0) is 22.4. The summed E-state index contributed by atoms with van der Waals surface area (Å²) in [4.78, 5) is 39.9. The van der Waals surface area contributed by atoms with E-state index in [-0.39, 0.29) is 63.3 Å². The molecule has 3 rings (SSSR count). The SMILES string of the molecule is CC(C)N[C@@]1(C)CCCCCC=CCOC(=O)N2CC(C(=O)C(C)C)(C2)NCC1=O.S. The maximum atomic E-state index is 13.2. The number of ether oxygens (including phenoxy) is 1. The molecule has 0 aromatic rings. The molecule has 2 N–H and O–H groups in total. The molecule has 7 nitrogen and oxygen atoms in total. The van der Waals surface area contributed by atoms with Gasteiger partial charge in [-0.2, -0.15) is 13.5 Å². The van der Waals surface area contributed by atoms with Crippen LogP contribution < -0.4 is 10.6 Å². The van der Waals surface area contributed by atoms with Gasteiger partial charge in [0, 0.05) is 12.0 Å². The molecule has 0 spiro atoms. The van der Waals surface area contributed by atoms with E-state index < -0.39 is 17.2 Å². The lowest BCUT2D eigenvalue weighted by Crippen LogP contribution is -2.75. The maximum absolute atomic E-state index is 13.2. The predicted octanol–water partition coefficient (Wildman–Crippen LogP) is 2.95. The summed E-state index contributed by atoms with van der Waals surface area (Å²) < 4.78 is 5.28. The van der Waals surface area contributed by atoms with Crippen molar-refractivity contribution in [2.24, 2.45) is 5.92 Å². The summed E-state index contributed by atoms with van der Waals surface area (Å²) in [6.07, 6.45) is 8.19. The Bertz CT molecular complexity index is 659. The molecule has 1 saturated heterocycles. The van der Waals surface area contributed by atoms with Gasteiger partial charge in [0.2, 0.25) is 0 Å². The molecule has 1 fully saturated rings. The number of hydrogen-bond acceptors (Lipinski definition) is 6. The first-order valence-corrected chi connectivity index (χ1v) is 11.3. The molecule has 2 bridgehead atoms. The first-order valence-electron chi connectivity index (χ1n) is 11.3. The molecular weight excluding hydrogens is 414 g/mol. The van der Waals surface area contributed by atoms with Crippen LogP contribution in [-0.4, -0.2) is 65.9 Å². The number of allylic oxidation sites excluding steroid dienone is 1. The fourth-order valence-corrected chi connectivity index (χ4v) is 4.33. The number of Topliss-reactive ketones (excluding diaryl/α,β-unsaturated/α-hetero) is 2. The Kier molecular flexibility index (Phi) is 10.7. The highest BCUT2D eigenvalue weighted by Crippen LogP contribution is 2.27. The summed E-state index contributed by atoms with van der Waals surface area (Å²) in [5.41, 5.74) is -1.53. The van der Waals surface area contributed by atoms with Crippen molar-refractivity contribution in [3.8, 4) is 0 Å². The maximum Gasteiger partial charge on any atom is 0.410 e. The minimum Gasteiger partial charge on any atom is -0.445 e. The van der Waals surface area contributed by atoms with Crippen LogP contribution >= 0.6 is 13.5 Å². The van der Waals surface area contributed by atoms with E-state index in [1.165, 1.54) is 4.90 Å². The van der Waals surface area contributed by atoms with Crippen LogP contribution in [0, 0.1) is 5.92 Å². The van der Waals surface area contributed by atoms with Crippen molar-refractivity contribution in [1.82, 2.24) is 15.5 Å². The molecule has 0 aromatic carbocycles. The van der Waals surface area contributed by atoms with Gasteiger partial charge in [-0.3, -0.25) is 14.9 Å². The van der Waals surface area contributed by atoms with E-state index in [0.717, 1.165) is 32.1 Å². The van der Waals surface area contributed by atoms with Crippen LogP contribution in [0.4, 0.5) is 4.79 Å². The number of hydrogen-bond donors (Lipinski definition) is 2. The molecule has 3 aliphatic rings. The second kappa shape index (κ2) is 12.0. The first kappa shape index (κ1) is 27.7. The summed E-state index contributed by atoms with van der Waals surface area (Å²) in [6.45, 7) is 10.5. The van der Waals surface area contributed by atoms with E-state index in [1.807, 2.05) is 46.8 Å². The number of nitrogens with zero attached hydrogens (tertiary/aromatic N) is 1. The Morgan fingerprint density at radius 2 is 1.81 bits per heavy atom. The van der Waals surface area contributed by atoms with Crippen molar-refractivity contribution in [3.05, 3.63) is 12.2 Å². The Hall–Kier alpha value is -1.38. The largest absolute Gasteiger partial charge is 0.445 e. The van der Waals surface area contributed by atoms with Crippen LogP contribution in [0.5, 0.6) is 0 Å². The number of rotatable bonds is 4. The Morgan fingerprint density at radius 1 is 1.13 bits per heavy atom. The van der Waals surface area contributed by atoms with Crippen molar-refractivity contribution in [3.63, 3.8) is 0 Å². The number of carbonyl (C=O) groups is 3. The molecule has 31 heavy (non-hydrogen) atoms. The van der Waals surface area contributed by atoms with Gasteiger partial charge in [-0.05, 0) is 40.0 Å². The smallest absolute Gasteiger partial charge is 0.410 e. The molecule has 0 saturated carbocycles. The number of amides is 1. The van der Waals surface area contributed by atoms with Crippen molar-refractivity contribution in [2.75, 3.05) is 26.2 Å². The monoisotopic (exact) mass is 455 g/mol. The summed E-state index contributed by atoms with van der Waals surface area (Å²) in [6, 6.07) is 0.177. The highest BCUT2D eigenvalue weighted by Gasteiger charge is 2.52. The molecule has 0 aliphatic carbocycles. The van der Waals surface area contributed by atoms with E-state index >= 15 is 0 Å². The van der Waals surface area contributed by atoms with Gasteiger partial charge in [0.25, 0.3) is 0 Å². The summed E-state index contributed by atoms with van der Waals surface area (Å²) in [5, 5.41) is 6.68. The number of ketones is 2. The van der Waals surface area contributed by atoms with E-state index in [9.17, 15) is 14.4 Å². The summed E-state index contributed by atoms with van der Waals surface area (Å²) >= 11 is 0. The third-order valence-electron chi connectivity index (χ3n) is 6.00. The Balaban J connectivity index is 0.00000480. The second-order valence-electron chi connectivity index (χ2n) is 9.51. The van der Waals surface area contributed by atoms with Gasteiger partial charge < -0.3 is 15.0 Å². The molecule has 8 heteroatoms. The Labute approximate surface area is 194 Å². The van der Waals surface area contributed by atoms with Crippen LogP contribution in [0.3, 0.4) is 0 Å². The number of carbonyl (C=O) groups excluding carboxylic acids is 3. The van der Waals surface area contributed by atoms with E-state index in [0.29, 0.717) is 0 Å². The molecule has 1 amide bonds. The van der Waals surface area contributed by atoms with Crippen LogP contribution in [-0.2, 0) is 14.3 Å². The van der Waals surface area contributed by atoms with Gasteiger partial charge in [-0.25, -0.2) is 4.79 Å².